The van der Waals surface area contributed by atoms with Crippen LogP contribution in [0.5, 0.6) is 0 Å². The number of benzene rings is 2. The molecule has 2 aromatic carbocycles. The third-order valence-electron chi connectivity index (χ3n) is 3.59. The van der Waals surface area contributed by atoms with Crippen molar-refractivity contribution in [3.63, 3.8) is 0 Å². The topological polar surface area (TPSA) is 74.8 Å². The molecule has 0 spiro atoms. The van der Waals surface area contributed by atoms with Gasteiger partial charge >= 0.3 is 0 Å². The average molecular weight is 327 g/mol. The molecule has 0 aliphatic rings. The molecule has 5 nitrogen and oxygen atoms in total. The highest BCUT2D eigenvalue weighted by atomic mass is 32.2. The summed E-state index contributed by atoms with van der Waals surface area (Å²) < 4.78 is 11.6. The summed E-state index contributed by atoms with van der Waals surface area (Å²) in [6.07, 6.45) is 3.23. The number of nitrogens with zero attached hydrogens (tertiary/aromatic N) is 1. The monoisotopic (exact) mass is 327 g/mol. The second-order valence-corrected chi connectivity index (χ2v) is 6.79. The average Bonchev–Trinajstić information content (AvgIpc) is 3.02. The zero-order chi connectivity index (χ0) is 16.2. The summed E-state index contributed by atoms with van der Waals surface area (Å²) in [6, 6.07) is 14.6. The molecular formula is C17H17N3O2S. The van der Waals surface area contributed by atoms with Gasteiger partial charge in [-0.25, -0.2) is 4.98 Å². The van der Waals surface area contributed by atoms with Crippen LogP contribution in [0.3, 0.4) is 0 Å². The van der Waals surface area contributed by atoms with Crippen molar-refractivity contribution in [2.75, 3.05) is 12.0 Å². The van der Waals surface area contributed by atoms with Gasteiger partial charge in [-0.05, 0) is 23.8 Å². The number of H-pyrrole nitrogens is 1. The molecular weight excluding hydrogens is 310 g/mol. The normalized spacial score (nSPS) is 13.6. The highest BCUT2D eigenvalue weighted by Gasteiger charge is 2.17. The van der Waals surface area contributed by atoms with E-state index in [1.165, 1.54) is 0 Å². The first-order chi connectivity index (χ1) is 11.1. The Bertz CT molecular complexity index is 845. The maximum Gasteiger partial charge on any atom is 0.251 e. The Morgan fingerprint density at radius 1 is 1.26 bits per heavy atom. The number of carbonyl (C=O) groups is 1. The van der Waals surface area contributed by atoms with Gasteiger partial charge in [0, 0.05) is 28.4 Å². The zero-order valence-corrected chi connectivity index (χ0v) is 13.5. The summed E-state index contributed by atoms with van der Waals surface area (Å²) in [6.45, 7) is 0. The number of carbonyl (C=O) groups excluding carboxylic acids is 1. The summed E-state index contributed by atoms with van der Waals surface area (Å²) in [5.41, 5.74) is 3.12. The second kappa shape index (κ2) is 6.75. The highest BCUT2D eigenvalue weighted by molar-refractivity contribution is 7.84. The van der Waals surface area contributed by atoms with Crippen LogP contribution in [-0.4, -0.2) is 32.1 Å². The molecule has 3 aromatic rings. The van der Waals surface area contributed by atoms with Crippen molar-refractivity contribution in [2.24, 2.45) is 0 Å². The molecule has 0 unspecified atom stereocenters. The lowest BCUT2D eigenvalue weighted by molar-refractivity contribution is 0.0940. The van der Waals surface area contributed by atoms with Crippen LogP contribution in [0.1, 0.15) is 22.0 Å². The molecule has 23 heavy (non-hydrogen) atoms. The van der Waals surface area contributed by atoms with Gasteiger partial charge in [0.2, 0.25) is 0 Å². The van der Waals surface area contributed by atoms with Crippen LogP contribution in [0.4, 0.5) is 0 Å². The molecule has 2 N–H and O–H groups in total. The van der Waals surface area contributed by atoms with Crippen LogP contribution in [0.15, 0.2) is 54.9 Å². The Hall–Kier alpha value is -2.47. The van der Waals surface area contributed by atoms with E-state index in [1.807, 2.05) is 30.3 Å². The van der Waals surface area contributed by atoms with Gasteiger partial charge in [-0.15, -0.1) is 0 Å². The minimum atomic E-state index is -1.02. The van der Waals surface area contributed by atoms with Crippen molar-refractivity contribution in [2.45, 2.75) is 6.04 Å². The number of hydrogen-bond donors (Lipinski definition) is 2. The number of imidazole rings is 1. The number of aromatic nitrogens is 2. The lowest BCUT2D eigenvalue weighted by Crippen LogP contribution is -2.31. The Morgan fingerprint density at radius 3 is 2.78 bits per heavy atom. The predicted molar refractivity (Wildman–Crippen MR) is 91.7 cm³/mol. The van der Waals surface area contributed by atoms with E-state index in [0.29, 0.717) is 11.3 Å². The summed E-state index contributed by atoms with van der Waals surface area (Å²) in [5, 5.41) is 2.97. The van der Waals surface area contributed by atoms with Crippen molar-refractivity contribution < 1.29 is 9.00 Å². The van der Waals surface area contributed by atoms with E-state index in [1.54, 1.807) is 30.8 Å². The number of nitrogens with one attached hydrogen (secondary N) is 2. The van der Waals surface area contributed by atoms with Crippen LogP contribution in [0.2, 0.25) is 0 Å². The molecule has 3 rings (SSSR count). The smallest absolute Gasteiger partial charge is 0.251 e. The first-order valence-electron chi connectivity index (χ1n) is 7.22. The van der Waals surface area contributed by atoms with Crippen molar-refractivity contribution in [3.8, 4) is 0 Å². The van der Waals surface area contributed by atoms with Crippen molar-refractivity contribution >= 4 is 27.7 Å². The Morgan fingerprint density at radius 2 is 2.04 bits per heavy atom. The molecule has 0 bridgehead atoms. The molecule has 0 saturated heterocycles. The van der Waals surface area contributed by atoms with E-state index in [0.717, 1.165) is 16.6 Å². The van der Waals surface area contributed by atoms with E-state index in [2.05, 4.69) is 15.3 Å². The molecule has 1 heterocycles. The van der Waals surface area contributed by atoms with Gasteiger partial charge in [0.1, 0.15) is 0 Å². The fourth-order valence-electron chi connectivity index (χ4n) is 2.46. The van der Waals surface area contributed by atoms with Gasteiger partial charge in [0.15, 0.2) is 0 Å². The molecule has 0 aliphatic heterocycles. The SMILES string of the molecule is C[S@@](=O)C[C@@H](NC(=O)c1ccc2nc[nH]c2c1)c1ccccc1. The minimum Gasteiger partial charge on any atom is -0.345 e. The lowest BCUT2D eigenvalue weighted by Gasteiger charge is -2.18. The summed E-state index contributed by atoms with van der Waals surface area (Å²) in [7, 11) is -1.02. The molecule has 0 fully saturated rings. The first kappa shape index (κ1) is 15.4. The fraction of sp³-hybridized carbons (Fsp3) is 0.176. The van der Waals surface area contributed by atoms with Crippen LogP contribution < -0.4 is 5.32 Å². The third kappa shape index (κ3) is 3.65. The zero-order valence-electron chi connectivity index (χ0n) is 12.7. The van der Waals surface area contributed by atoms with E-state index < -0.39 is 10.8 Å². The summed E-state index contributed by atoms with van der Waals surface area (Å²) in [4.78, 5) is 19.7. The molecule has 1 aromatic heterocycles. The third-order valence-corrected chi connectivity index (χ3v) is 4.39. The second-order valence-electron chi connectivity index (χ2n) is 5.31. The largest absolute Gasteiger partial charge is 0.345 e. The van der Waals surface area contributed by atoms with Gasteiger partial charge in [-0.1, -0.05) is 30.3 Å². The molecule has 118 valence electrons. The van der Waals surface area contributed by atoms with E-state index in [4.69, 9.17) is 0 Å². The fourth-order valence-corrected chi connectivity index (χ4v) is 3.20. The van der Waals surface area contributed by atoms with Crippen LogP contribution in [-0.2, 0) is 10.8 Å². The van der Waals surface area contributed by atoms with Gasteiger partial charge in [-0.2, -0.15) is 0 Å². The van der Waals surface area contributed by atoms with Crippen molar-refractivity contribution in [3.05, 3.63) is 66.0 Å². The van der Waals surface area contributed by atoms with Crippen LogP contribution >= 0.6 is 0 Å². The predicted octanol–water partition coefficient (Wildman–Crippen LogP) is 2.41. The summed E-state index contributed by atoms with van der Waals surface area (Å²) in [5.74, 6) is 0.183. The Kier molecular flexibility index (Phi) is 4.52. The molecule has 0 aliphatic carbocycles. The number of aromatic amines is 1. The standard InChI is InChI=1S/C17H17N3O2S/c1-23(22)10-16(12-5-3-2-4-6-12)20-17(21)13-7-8-14-15(9-13)19-11-18-14/h2-9,11,16H,10H2,1H3,(H,18,19)(H,20,21)/t16-,23-/m1/s1. The van der Waals surface area contributed by atoms with Gasteiger partial charge in [-0.3, -0.25) is 9.00 Å². The molecule has 0 saturated carbocycles. The Labute approximate surface area is 136 Å². The Balaban J connectivity index is 1.83. The van der Waals surface area contributed by atoms with E-state index >= 15 is 0 Å². The van der Waals surface area contributed by atoms with Gasteiger partial charge in [0.05, 0.1) is 23.4 Å². The number of amides is 1. The molecule has 2 atom stereocenters. The number of rotatable bonds is 5. The van der Waals surface area contributed by atoms with Gasteiger partial charge < -0.3 is 10.3 Å². The molecule has 6 heteroatoms. The first-order valence-corrected chi connectivity index (χ1v) is 8.95. The van der Waals surface area contributed by atoms with E-state index in [-0.39, 0.29) is 11.9 Å². The van der Waals surface area contributed by atoms with E-state index in [9.17, 15) is 9.00 Å². The van der Waals surface area contributed by atoms with Crippen LogP contribution in [0, 0.1) is 0 Å². The number of fused-ring (bicyclic) bond motifs is 1. The number of hydrogen-bond acceptors (Lipinski definition) is 3. The van der Waals surface area contributed by atoms with Crippen LogP contribution in [0.25, 0.3) is 11.0 Å². The van der Waals surface area contributed by atoms with Crippen molar-refractivity contribution in [1.29, 1.82) is 0 Å². The maximum absolute atomic E-state index is 12.5. The quantitative estimate of drug-likeness (QED) is 0.756. The highest BCUT2D eigenvalue weighted by Crippen LogP contribution is 2.16. The summed E-state index contributed by atoms with van der Waals surface area (Å²) >= 11 is 0. The van der Waals surface area contributed by atoms with Gasteiger partial charge in [0.25, 0.3) is 5.91 Å². The molecule has 0 radical (unpaired) electrons. The minimum absolute atomic E-state index is 0.194. The maximum atomic E-state index is 12.5. The van der Waals surface area contributed by atoms with Crippen molar-refractivity contribution in [1.82, 2.24) is 15.3 Å². The molecule has 1 amide bonds. The lowest BCUT2D eigenvalue weighted by atomic mass is 10.1.